The SMILES string of the molecule is CC(C)(O)c1cc(Cc2ccccc2)cc(C(F)(F)F)c1. The van der Waals surface area contributed by atoms with Crippen molar-refractivity contribution in [2.45, 2.75) is 32.0 Å². The van der Waals surface area contributed by atoms with Crippen LogP contribution in [-0.2, 0) is 18.2 Å². The summed E-state index contributed by atoms with van der Waals surface area (Å²) in [7, 11) is 0. The summed E-state index contributed by atoms with van der Waals surface area (Å²) in [5, 5.41) is 10.0. The fourth-order valence-corrected chi connectivity index (χ4v) is 2.14. The number of rotatable bonds is 3. The lowest BCUT2D eigenvalue weighted by Gasteiger charge is -2.21. The smallest absolute Gasteiger partial charge is 0.386 e. The highest BCUT2D eigenvalue weighted by atomic mass is 19.4. The molecule has 0 aliphatic rings. The lowest BCUT2D eigenvalue weighted by molar-refractivity contribution is -0.137. The van der Waals surface area contributed by atoms with Crippen molar-refractivity contribution in [2.75, 3.05) is 0 Å². The Balaban J connectivity index is 2.45. The molecule has 112 valence electrons. The minimum Gasteiger partial charge on any atom is -0.386 e. The third-order valence-corrected chi connectivity index (χ3v) is 3.28. The molecule has 2 rings (SSSR count). The van der Waals surface area contributed by atoms with Crippen molar-refractivity contribution >= 4 is 0 Å². The molecule has 0 atom stereocenters. The molecule has 0 amide bonds. The van der Waals surface area contributed by atoms with E-state index in [1.165, 1.54) is 13.8 Å². The van der Waals surface area contributed by atoms with Crippen LogP contribution in [0.25, 0.3) is 0 Å². The third kappa shape index (κ3) is 4.08. The van der Waals surface area contributed by atoms with Crippen LogP contribution in [0, 0.1) is 0 Å². The van der Waals surface area contributed by atoms with E-state index >= 15 is 0 Å². The number of benzene rings is 2. The standard InChI is InChI=1S/C17H17F3O/c1-16(2,21)14-9-13(8-12-6-4-3-5-7-12)10-15(11-14)17(18,19)20/h3-7,9-11,21H,8H2,1-2H3. The predicted octanol–water partition coefficient (Wildman–Crippen LogP) is 4.52. The molecule has 0 fully saturated rings. The zero-order valence-electron chi connectivity index (χ0n) is 11.9. The van der Waals surface area contributed by atoms with Crippen LogP contribution in [-0.4, -0.2) is 5.11 Å². The maximum atomic E-state index is 13.0. The molecule has 0 radical (unpaired) electrons. The molecule has 2 aromatic rings. The maximum Gasteiger partial charge on any atom is 0.416 e. The van der Waals surface area contributed by atoms with Gasteiger partial charge in [0, 0.05) is 0 Å². The Hall–Kier alpha value is -1.81. The summed E-state index contributed by atoms with van der Waals surface area (Å²) in [6.45, 7) is 2.96. The monoisotopic (exact) mass is 294 g/mol. The van der Waals surface area contributed by atoms with E-state index in [9.17, 15) is 18.3 Å². The molecule has 0 unspecified atom stereocenters. The van der Waals surface area contributed by atoms with Gasteiger partial charge in [-0.3, -0.25) is 0 Å². The van der Waals surface area contributed by atoms with Gasteiger partial charge in [-0.05, 0) is 49.1 Å². The zero-order valence-corrected chi connectivity index (χ0v) is 11.9. The molecule has 0 aromatic heterocycles. The van der Waals surface area contributed by atoms with Gasteiger partial charge in [0.05, 0.1) is 11.2 Å². The molecule has 0 spiro atoms. The van der Waals surface area contributed by atoms with Gasteiger partial charge in [0.25, 0.3) is 0 Å². The van der Waals surface area contributed by atoms with Gasteiger partial charge in [0.2, 0.25) is 0 Å². The van der Waals surface area contributed by atoms with E-state index in [1.807, 2.05) is 30.3 Å². The summed E-state index contributed by atoms with van der Waals surface area (Å²) < 4.78 is 39.0. The van der Waals surface area contributed by atoms with Gasteiger partial charge in [0.15, 0.2) is 0 Å². The highest BCUT2D eigenvalue weighted by molar-refractivity contribution is 5.37. The molecule has 0 saturated carbocycles. The molecule has 0 heterocycles. The van der Waals surface area contributed by atoms with E-state index < -0.39 is 17.3 Å². The Morgan fingerprint density at radius 3 is 1.95 bits per heavy atom. The second kappa shape index (κ2) is 5.53. The molecule has 0 aliphatic heterocycles. The second-order valence-electron chi connectivity index (χ2n) is 5.64. The van der Waals surface area contributed by atoms with Crippen LogP contribution in [0.1, 0.15) is 36.1 Å². The first-order valence-electron chi connectivity index (χ1n) is 6.64. The Labute approximate surface area is 122 Å². The van der Waals surface area contributed by atoms with E-state index in [-0.39, 0.29) is 5.56 Å². The normalized spacial score (nSPS) is 12.5. The lowest BCUT2D eigenvalue weighted by atomic mass is 9.92. The van der Waals surface area contributed by atoms with Crippen molar-refractivity contribution in [3.05, 3.63) is 70.8 Å². The van der Waals surface area contributed by atoms with Gasteiger partial charge >= 0.3 is 6.18 Å². The second-order valence-corrected chi connectivity index (χ2v) is 5.64. The van der Waals surface area contributed by atoms with Gasteiger partial charge in [-0.2, -0.15) is 13.2 Å². The average Bonchev–Trinajstić information content (AvgIpc) is 2.37. The van der Waals surface area contributed by atoms with Crippen molar-refractivity contribution in [1.82, 2.24) is 0 Å². The van der Waals surface area contributed by atoms with Crippen LogP contribution in [0.5, 0.6) is 0 Å². The number of halogens is 3. The molecule has 0 saturated heterocycles. The first-order chi connectivity index (χ1) is 9.66. The Morgan fingerprint density at radius 2 is 1.43 bits per heavy atom. The summed E-state index contributed by atoms with van der Waals surface area (Å²) in [6.07, 6.45) is -4.03. The van der Waals surface area contributed by atoms with E-state index in [4.69, 9.17) is 0 Å². The molecule has 2 aromatic carbocycles. The van der Waals surface area contributed by atoms with Crippen molar-refractivity contribution in [1.29, 1.82) is 0 Å². The fourth-order valence-electron chi connectivity index (χ4n) is 2.14. The Bertz CT molecular complexity index is 578. The molecule has 1 nitrogen and oxygen atoms in total. The van der Waals surface area contributed by atoms with E-state index in [2.05, 4.69) is 0 Å². The number of aliphatic hydroxyl groups is 1. The maximum absolute atomic E-state index is 13.0. The summed E-state index contributed by atoms with van der Waals surface area (Å²) in [5.41, 5.74) is -0.310. The summed E-state index contributed by atoms with van der Waals surface area (Å²) in [4.78, 5) is 0. The molecule has 1 N–H and O–H groups in total. The zero-order chi connectivity index (χ0) is 15.7. The molecular weight excluding hydrogens is 277 g/mol. The Morgan fingerprint density at radius 1 is 0.857 bits per heavy atom. The highest BCUT2D eigenvalue weighted by Gasteiger charge is 2.32. The quantitative estimate of drug-likeness (QED) is 0.882. The van der Waals surface area contributed by atoms with Gasteiger partial charge < -0.3 is 5.11 Å². The predicted molar refractivity (Wildman–Crippen MR) is 75.9 cm³/mol. The number of hydrogen-bond acceptors (Lipinski definition) is 1. The van der Waals surface area contributed by atoms with Crippen molar-refractivity contribution in [3.63, 3.8) is 0 Å². The minimum atomic E-state index is -4.42. The molecule has 21 heavy (non-hydrogen) atoms. The summed E-state index contributed by atoms with van der Waals surface area (Å²) >= 11 is 0. The molecule has 0 bridgehead atoms. The van der Waals surface area contributed by atoms with Crippen LogP contribution in [0.4, 0.5) is 13.2 Å². The first kappa shape index (κ1) is 15.6. The average molecular weight is 294 g/mol. The molecule has 4 heteroatoms. The van der Waals surface area contributed by atoms with Crippen LogP contribution in [0.3, 0.4) is 0 Å². The topological polar surface area (TPSA) is 20.2 Å². The lowest BCUT2D eigenvalue weighted by Crippen LogP contribution is -2.18. The van der Waals surface area contributed by atoms with Crippen LogP contribution in [0.2, 0.25) is 0 Å². The highest BCUT2D eigenvalue weighted by Crippen LogP contribution is 2.33. The Kier molecular flexibility index (Phi) is 4.10. The molecular formula is C17H17F3O. The van der Waals surface area contributed by atoms with Gasteiger partial charge in [-0.15, -0.1) is 0 Å². The van der Waals surface area contributed by atoms with Crippen molar-refractivity contribution in [2.24, 2.45) is 0 Å². The van der Waals surface area contributed by atoms with Gasteiger partial charge in [0.1, 0.15) is 0 Å². The van der Waals surface area contributed by atoms with Crippen LogP contribution >= 0.6 is 0 Å². The fraction of sp³-hybridized carbons (Fsp3) is 0.294. The summed E-state index contributed by atoms with van der Waals surface area (Å²) in [5.74, 6) is 0. The minimum absolute atomic E-state index is 0.267. The van der Waals surface area contributed by atoms with Crippen LogP contribution < -0.4 is 0 Å². The molecule has 0 aliphatic carbocycles. The summed E-state index contributed by atoms with van der Waals surface area (Å²) in [6, 6.07) is 13.1. The largest absolute Gasteiger partial charge is 0.416 e. The van der Waals surface area contributed by atoms with Crippen molar-refractivity contribution < 1.29 is 18.3 Å². The van der Waals surface area contributed by atoms with Gasteiger partial charge in [-0.25, -0.2) is 0 Å². The third-order valence-electron chi connectivity index (χ3n) is 3.28. The van der Waals surface area contributed by atoms with E-state index in [0.29, 0.717) is 12.0 Å². The van der Waals surface area contributed by atoms with Crippen LogP contribution in [0.15, 0.2) is 48.5 Å². The number of hydrogen-bond donors (Lipinski definition) is 1. The number of alkyl halides is 3. The van der Waals surface area contributed by atoms with Crippen molar-refractivity contribution in [3.8, 4) is 0 Å². The van der Waals surface area contributed by atoms with Gasteiger partial charge in [-0.1, -0.05) is 36.4 Å². The van der Waals surface area contributed by atoms with E-state index in [0.717, 1.165) is 17.7 Å². The van der Waals surface area contributed by atoms with E-state index in [1.54, 1.807) is 6.07 Å². The first-order valence-corrected chi connectivity index (χ1v) is 6.64.